The van der Waals surface area contributed by atoms with Crippen LogP contribution >= 0.6 is 0 Å². The van der Waals surface area contributed by atoms with Gasteiger partial charge in [0, 0.05) is 12.6 Å². The quantitative estimate of drug-likeness (QED) is 0.792. The summed E-state index contributed by atoms with van der Waals surface area (Å²) in [5.74, 6) is 0. The van der Waals surface area contributed by atoms with Gasteiger partial charge >= 0.3 is 0 Å². The van der Waals surface area contributed by atoms with Crippen LogP contribution in [0.1, 0.15) is 39.8 Å². The van der Waals surface area contributed by atoms with Gasteiger partial charge in [-0.25, -0.2) is 4.68 Å². The van der Waals surface area contributed by atoms with E-state index < -0.39 is 0 Å². The van der Waals surface area contributed by atoms with E-state index in [2.05, 4.69) is 49.4 Å². The Hall–Kier alpha value is -1.16. The second-order valence-corrected chi connectivity index (χ2v) is 5.10. The molecule has 0 fully saturated rings. The Morgan fingerprint density at radius 1 is 1.50 bits per heavy atom. The molecule has 0 spiro atoms. The summed E-state index contributed by atoms with van der Waals surface area (Å²) in [6.07, 6.45) is 5.04. The monoisotopic (exact) mass is 222 g/mol. The number of rotatable bonds is 4. The molecule has 4 heteroatoms. The predicted octanol–water partition coefficient (Wildman–Crippen LogP) is 2.00. The molecule has 4 nitrogen and oxygen atoms in total. The van der Waals surface area contributed by atoms with Crippen molar-refractivity contribution in [1.82, 2.24) is 20.3 Å². The minimum absolute atomic E-state index is 0.190. The van der Waals surface area contributed by atoms with Crippen LogP contribution < -0.4 is 5.32 Å². The van der Waals surface area contributed by atoms with Crippen molar-refractivity contribution in [2.75, 3.05) is 6.54 Å². The maximum Gasteiger partial charge on any atom is 0.0835 e. The number of hydrogen-bond acceptors (Lipinski definition) is 3. The van der Waals surface area contributed by atoms with Crippen molar-refractivity contribution in [2.24, 2.45) is 7.05 Å². The molecule has 0 aliphatic carbocycles. The molecule has 90 valence electrons. The van der Waals surface area contributed by atoms with Gasteiger partial charge in [0.25, 0.3) is 0 Å². The van der Waals surface area contributed by atoms with Crippen LogP contribution in [-0.4, -0.2) is 27.1 Å². The van der Waals surface area contributed by atoms with Crippen molar-refractivity contribution in [3.05, 3.63) is 18.0 Å². The lowest BCUT2D eigenvalue weighted by Gasteiger charge is -2.19. The third-order valence-electron chi connectivity index (χ3n) is 2.37. The number of aryl methyl sites for hydroxylation is 1. The second-order valence-electron chi connectivity index (χ2n) is 5.10. The molecule has 1 aromatic heterocycles. The van der Waals surface area contributed by atoms with Crippen molar-refractivity contribution in [3.63, 3.8) is 0 Å². The van der Waals surface area contributed by atoms with E-state index in [4.69, 9.17) is 0 Å². The molecule has 0 aliphatic rings. The first-order valence-corrected chi connectivity index (χ1v) is 5.67. The Morgan fingerprint density at radius 3 is 2.69 bits per heavy atom. The van der Waals surface area contributed by atoms with Gasteiger partial charge in [0.2, 0.25) is 0 Å². The number of nitrogens with one attached hydrogen (secondary N) is 1. The topological polar surface area (TPSA) is 42.7 Å². The van der Waals surface area contributed by atoms with E-state index in [1.165, 1.54) is 5.57 Å². The zero-order valence-electron chi connectivity index (χ0n) is 10.9. The highest BCUT2D eigenvalue weighted by Crippen LogP contribution is 2.11. The third-order valence-corrected chi connectivity index (χ3v) is 2.37. The number of hydrogen-bond donors (Lipinski definition) is 1. The minimum Gasteiger partial charge on any atom is -0.312 e. The van der Waals surface area contributed by atoms with E-state index in [-0.39, 0.29) is 5.54 Å². The fourth-order valence-corrected chi connectivity index (χ4v) is 1.49. The maximum atomic E-state index is 3.92. The number of allylic oxidation sites excluding steroid dienone is 1. The van der Waals surface area contributed by atoms with Gasteiger partial charge < -0.3 is 5.32 Å². The number of nitrogens with zero attached hydrogens (tertiary/aromatic N) is 3. The molecular weight excluding hydrogens is 200 g/mol. The summed E-state index contributed by atoms with van der Waals surface area (Å²) in [5, 5.41) is 11.2. The SMILES string of the molecule is CC(=CCCNC(C)(C)C)c1cnnn1C. The van der Waals surface area contributed by atoms with Crippen LogP contribution in [0.5, 0.6) is 0 Å². The predicted molar refractivity (Wildman–Crippen MR) is 67.0 cm³/mol. The smallest absolute Gasteiger partial charge is 0.0835 e. The summed E-state index contributed by atoms with van der Waals surface area (Å²) < 4.78 is 1.79. The van der Waals surface area contributed by atoms with Crippen molar-refractivity contribution >= 4 is 5.57 Å². The average molecular weight is 222 g/mol. The van der Waals surface area contributed by atoms with Crippen LogP contribution in [0, 0.1) is 0 Å². The summed E-state index contributed by atoms with van der Waals surface area (Å²) in [6.45, 7) is 9.61. The molecule has 1 rings (SSSR count). The van der Waals surface area contributed by atoms with Crippen LogP contribution in [0.25, 0.3) is 5.57 Å². The molecule has 0 unspecified atom stereocenters. The van der Waals surface area contributed by atoms with E-state index >= 15 is 0 Å². The van der Waals surface area contributed by atoms with E-state index in [9.17, 15) is 0 Å². The summed E-state index contributed by atoms with van der Waals surface area (Å²) in [4.78, 5) is 0. The normalized spacial score (nSPS) is 13.2. The molecule has 0 aliphatic heterocycles. The summed E-state index contributed by atoms with van der Waals surface area (Å²) in [7, 11) is 1.91. The minimum atomic E-state index is 0.190. The van der Waals surface area contributed by atoms with Gasteiger partial charge in [0.15, 0.2) is 0 Å². The lowest BCUT2D eigenvalue weighted by atomic mass is 10.1. The zero-order valence-corrected chi connectivity index (χ0v) is 10.9. The Bertz CT molecular complexity index is 357. The summed E-state index contributed by atoms with van der Waals surface area (Å²) in [6, 6.07) is 0. The van der Waals surface area contributed by atoms with Gasteiger partial charge in [-0.05, 0) is 46.2 Å². The molecule has 1 N–H and O–H groups in total. The Kier molecular flexibility index (Phi) is 4.24. The maximum absolute atomic E-state index is 3.92. The van der Waals surface area contributed by atoms with Crippen LogP contribution in [0.15, 0.2) is 12.3 Å². The molecule has 1 heterocycles. The number of aromatic nitrogens is 3. The van der Waals surface area contributed by atoms with Gasteiger partial charge in [0.1, 0.15) is 0 Å². The van der Waals surface area contributed by atoms with Crippen LogP contribution in [0.2, 0.25) is 0 Å². The van der Waals surface area contributed by atoms with E-state index in [1.807, 2.05) is 7.05 Å². The van der Waals surface area contributed by atoms with Crippen LogP contribution in [-0.2, 0) is 7.05 Å². The molecule has 0 bridgehead atoms. The third kappa shape index (κ3) is 4.14. The Balaban J connectivity index is 2.44. The first-order valence-electron chi connectivity index (χ1n) is 5.67. The van der Waals surface area contributed by atoms with Crippen LogP contribution in [0.4, 0.5) is 0 Å². The molecule has 0 atom stereocenters. The van der Waals surface area contributed by atoms with Gasteiger partial charge in [-0.1, -0.05) is 11.3 Å². The fraction of sp³-hybridized carbons (Fsp3) is 0.667. The highest BCUT2D eigenvalue weighted by Gasteiger charge is 2.07. The molecular formula is C12H22N4. The van der Waals surface area contributed by atoms with Gasteiger partial charge in [-0.15, -0.1) is 5.10 Å². The lowest BCUT2D eigenvalue weighted by molar-refractivity contribution is 0.431. The van der Waals surface area contributed by atoms with Crippen LogP contribution in [0.3, 0.4) is 0 Å². The van der Waals surface area contributed by atoms with Gasteiger partial charge in [0.05, 0.1) is 11.9 Å². The molecule has 0 saturated heterocycles. The van der Waals surface area contributed by atoms with Gasteiger partial charge in [-0.2, -0.15) is 0 Å². The second kappa shape index (κ2) is 5.25. The van der Waals surface area contributed by atoms with E-state index in [0.717, 1.165) is 18.7 Å². The lowest BCUT2D eigenvalue weighted by Crippen LogP contribution is -2.36. The highest BCUT2D eigenvalue weighted by atomic mass is 15.4. The summed E-state index contributed by atoms with van der Waals surface area (Å²) >= 11 is 0. The molecule has 0 aromatic carbocycles. The average Bonchev–Trinajstić information content (AvgIpc) is 2.57. The Labute approximate surface area is 97.7 Å². The van der Waals surface area contributed by atoms with Crippen molar-refractivity contribution in [1.29, 1.82) is 0 Å². The summed E-state index contributed by atoms with van der Waals surface area (Å²) in [5.41, 5.74) is 2.49. The molecule has 1 aromatic rings. The van der Waals surface area contributed by atoms with Crippen molar-refractivity contribution in [3.8, 4) is 0 Å². The fourth-order valence-electron chi connectivity index (χ4n) is 1.49. The first-order chi connectivity index (χ1) is 7.40. The van der Waals surface area contributed by atoms with E-state index in [1.54, 1.807) is 10.9 Å². The van der Waals surface area contributed by atoms with E-state index in [0.29, 0.717) is 0 Å². The van der Waals surface area contributed by atoms with Crippen molar-refractivity contribution in [2.45, 2.75) is 39.7 Å². The zero-order chi connectivity index (χ0) is 12.2. The largest absolute Gasteiger partial charge is 0.312 e. The standard InChI is InChI=1S/C12H22N4/c1-10(11-9-14-15-16(11)5)7-6-8-13-12(2,3)4/h7,9,13H,6,8H2,1-5H3. The first kappa shape index (κ1) is 12.9. The molecule has 16 heavy (non-hydrogen) atoms. The Morgan fingerprint density at radius 2 is 2.19 bits per heavy atom. The highest BCUT2D eigenvalue weighted by molar-refractivity contribution is 5.59. The van der Waals surface area contributed by atoms with Crippen molar-refractivity contribution < 1.29 is 0 Å². The molecule has 0 radical (unpaired) electrons. The van der Waals surface area contributed by atoms with Gasteiger partial charge in [-0.3, -0.25) is 0 Å². The molecule has 0 saturated carbocycles. The molecule has 0 amide bonds.